The summed E-state index contributed by atoms with van der Waals surface area (Å²) in [5.74, 6) is -0.172. The first kappa shape index (κ1) is 63.9. The number of hydrogen-bond donors (Lipinski definition) is 6. The van der Waals surface area contributed by atoms with Crippen LogP contribution >= 0.6 is 0 Å². The number of ether oxygens (including phenoxy) is 2. The van der Waals surface area contributed by atoms with Gasteiger partial charge in [-0.05, 0) is 19.3 Å². The van der Waals surface area contributed by atoms with Crippen molar-refractivity contribution in [1.82, 2.24) is 5.32 Å². The summed E-state index contributed by atoms with van der Waals surface area (Å²) in [4.78, 5) is 13.0. The number of carbonyl (C=O) groups excluding carboxylic acids is 1. The molecule has 1 amide bonds. The van der Waals surface area contributed by atoms with Crippen LogP contribution < -0.4 is 5.32 Å². The van der Waals surface area contributed by atoms with Crippen LogP contribution in [-0.2, 0) is 14.3 Å². The van der Waals surface area contributed by atoms with Crippen molar-refractivity contribution in [2.75, 3.05) is 13.2 Å². The molecule has 1 heterocycles. The summed E-state index contributed by atoms with van der Waals surface area (Å²) in [7, 11) is 0. The van der Waals surface area contributed by atoms with Gasteiger partial charge in [0.2, 0.25) is 5.91 Å². The number of aliphatic hydroxyl groups is 5. The molecule has 7 unspecified atom stereocenters. The fourth-order valence-electron chi connectivity index (χ4n) is 9.69. The van der Waals surface area contributed by atoms with E-state index in [1.165, 1.54) is 238 Å². The maximum Gasteiger partial charge on any atom is 0.220 e. The fraction of sp³-hybridized carbons (Fsp3) is 0.948. The first-order valence-corrected chi connectivity index (χ1v) is 29.4. The maximum absolute atomic E-state index is 13.0. The highest BCUT2D eigenvalue weighted by Crippen LogP contribution is 2.23. The number of allylic oxidation sites excluding steroid dienone is 1. The molecule has 6 N–H and O–H groups in total. The Bertz CT molecular complexity index is 1060. The van der Waals surface area contributed by atoms with E-state index >= 15 is 0 Å². The number of unbranched alkanes of at least 4 members (excludes halogenated alkanes) is 41. The van der Waals surface area contributed by atoms with Crippen LogP contribution in [0.1, 0.15) is 296 Å². The minimum atomic E-state index is -1.56. The average Bonchev–Trinajstić information content (AvgIpc) is 3.33. The van der Waals surface area contributed by atoms with Gasteiger partial charge in [0.05, 0.1) is 25.4 Å². The summed E-state index contributed by atoms with van der Waals surface area (Å²) >= 11 is 0. The lowest BCUT2D eigenvalue weighted by Gasteiger charge is -2.40. The first-order valence-electron chi connectivity index (χ1n) is 29.4. The van der Waals surface area contributed by atoms with E-state index in [9.17, 15) is 30.3 Å². The minimum absolute atomic E-state index is 0.172. The summed E-state index contributed by atoms with van der Waals surface area (Å²) < 4.78 is 11.2. The maximum atomic E-state index is 13.0. The molecule has 0 radical (unpaired) electrons. The largest absolute Gasteiger partial charge is 0.394 e. The summed E-state index contributed by atoms with van der Waals surface area (Å²) in [5.41, 5.74) is 0. The third-order valence-corrected chi connectivity index (χ3v) is 14.4. The molecule has 0 spiro atoms. The number of hydrogen-bond acceptors (Lipinski definition) is 8. The van der Waals surface area contributed by atoms with Gasteiger partial charge in [0.25, 0.3) is 0 Å². The molecule has 0 aromatic heterocycles. The van der Waals surface area contributed by atoms with Crippen LogP contribution in [0.4, 0.5) is 0 Å². The highest BCUT2D eigenvalue weighted by Gasteiger charge is 2.44. The van der Waals surface area contributed by atoms with Crippen molar-refractivity contribution in [3.8, 4) is 0 Å². The second kappa shape index (κ2) is 48.6. The van der Waals surface area contributed by atoms with Crippen LogP contribution in [0.3, 0.4) is 0 Å². The molecule has 1 saturated heterocycles. The lowest BCUT2D eigenvalue weighted by molar-refractivity contribution is -0.302. The normalized spacial score (nSPS) is 19.7. The molecule has 7 atom stereocenters. The molecular weight excluding hydrogens is 839 g/mol. The zero-order chi connectivity index (χ0) is 48.7. The zero-order valence-electron chi connectivity index (χ0n) is 44.2. The Kier molecular flexibility index (Phi) is 46.3. The van der Waals surface area contributed by atoms with Crippen LogP contribution in [0.25, 0.3) is 0 Å². The molecule has 0 aromatic rings. The molecule has 0 aliphatic carbocycles. The fourth-order valence-corrected chi connectivity index (χ4v) is 9.69. The zero-order valence-corrected chi connectivity index (χ0v) is 44.2. The summed E-state index contributed by atoms with van der Waals surface area (Å²) in [6.07, 6.45) is 53.2. The monoisotopic (exact) mass is 952 g/mol. The van der Waals surface area contributed by atoms with E-state index in [1.807, 2.05) is 6.08 Å². The van der Waals surface area contributed by atoms with Gasteiger partial charge in [-0.2, -0.15) is 0 Å². The van der Waals surface area contributed by atoms with Crippen LogP contribution in [0, 0.1) is 0 Å². The summed E-state index contributed by atoms with van der Waals surface area (Å²) in [5, 5.41) is 54.2. The van der Waals surface area contributed by atoms with Gasteiger partial charge in [-0.1, -0.05) is 283 Å². The Morgan fingerprint density at radius 2 is 0.821 bits per heavy atom. The predicted molar refractivity (Wildman–Crippen MR) is 281 cm³/mol. The van der Waals surface area contributed by atoms with Gasteiger partial charge < -0.3 is 40.3 Å². The van der Waals surface area contributed by atoms with Crippen molar-refractivity contribution in [3.05, 3.63) is 12.2 Å². The number of aliphatic hydroxyl groups excluding tert-OH is 5. The van der Waals surface area contributed by atoms with Gasteiger partial charge in [0.15, 0.2) is 6.29 Å². The Morgan fingerprint density at radius 3 is 1.16 bits per heavy atom. The molecule has 0 bridgehead atoms. The Morgan fingerprint density at radius 1 is 0.493 bits per heavy atom. The molecular formula is C58H113NO8. The summed E-state index contributed by atoms with van der Waals surface area (Å²) in [6, 6.07) is -0.798. The van der Waals surface area contributed by atoms with E-state index in [1.54, 1.807) is 6.08 Å². The average molecular weight is 953 g/mol. The smallest absolute Gasteiger partial charge is 0.220 e. The topological polar surface area (TPSA) is 149 Å². The number of amides is 1. The van der Waals surface area contributed by atoms with E-state index in [0.29, 0.717) is 6.42 Å². The lowest BCUT2D eigenvalue weighted by atomic mass is 9.99. The first-order chi connectivity index (χ1) is 32.8. The van der Waals surface area contributed by atoms with Gasteiger partial charge >= 0.3 is 0 Å². The molecule has 9 heteroatoms. The Labute approximate surface area is 414 Å². The van der Waals surface area contributed by atoms with Crippen LogP contribution in [0.15, 0.2) is 12.2 Å². The van der Waals surface area contributed by atoms with Crippen molar-refractivity contribution in [3.63, 3.8) is 0 Å². The standard InChI is InChI=1S/C58H113NO8/c1-3-5-7-9-11-13-15-16-17-18-19-20-21-22-23-24-25-26-27-28-29-30-31-32-33-34-35-36-37-38-40-42-44-46-48-54(62)59-51(50-66-58-57(65)56(64)55(63)53(49-60)67-58)52(61)47-45-43-41-39-14-12-10-8-6-4-2/h45,47,51-53,55-58,60-61,63-65H,3-44,46,48-50H2,1-2H3,(H,59,62)/b47-45+. The van der Waals surface area contributed by atoms with Crippen LogP contribution in [-0.4, -0.2) is 87.5 Å². The minimum Gasteiger partial charge on any atom is -0.394 e. The number of carbonyl (C=O) groups is 1. The summed E-state index contributed by atoms with van der Waals surface area (Å²) in [6.45, 7) is 3.78. The van der Waals surface area contributed by atoms with E-state index in [0.717, 1.165) is 38.5 Å². The van der Waals surface area contributed by atoms with Gasteiger partial charge in [-0.15, -0.1) is 0 Å². The van der Waals surface area contributed by atoms with Crippen molar-refractivity contribution >= 4 is 5.91 Å². The Balaban J connectivity index is 2.03. The van der Waals surface area contributed by atoms with Gasteiger partial charge in [0, 0.05) is 6.42 Å². The van der Waals surface area contributed by atoms with E-state index in [2.05, 4.69) is 19.2 Å². The van der Waals surface area contributed by atoms with Crippen molar-refractivity contribution in [2.45, 2.75) is 339 Å². The van der Waals surface area contributed by atoms with E-state index < -0.39 is 49.5 Å². The third-order valence-electron chi connectivity index (χ3n) is 14.4. The van der Waals surface area contributed by atoms with Gasteiger partial charge in [-0.25, -0.2) is 0 Å². The molecule has 1 fully saturated rings. The highest BCUT2D eigenvalue weighted by atomic mass is 16.7. The van der Waals surface area contributed by atoms with Crippen LogP contribution in [0.5, 0.6) is 0 Å². The molecule has 0 saturated carbocycles. The third kappa shape index (κ3) is 38.3. The molecule has 0 aromatic carbocycles. The molecule has 1 aliphatic rings. The highest BCUT2D eigenvalue weighted by molar-refractivity contribution is 5.76. The lowest BCUT2D eigenvalue weighted by Crippen LogP contribution is -2.60. The molecule has 398 valence electrons. The molecule has 67 heavy (non-hydrogen) atoms. The number of rotatable bonds is 51. The quantitative estimate of drug-likeness (QED) is 0.0261. The second-order valence-electron chi connectivity index (χ2n) is 20.8. The Hall–Kier alpha value is -1.07. The van der Waals surface area contributed by atoms with Gasteiger partial charge in [-0.3, -0.25) is 4.79 Å². The van der Waals surface area contributed by atoms with Crippen LogP contribution in [0.2, 0.25) is 0 Å². The van der Waals surface area contributed by atoms with Crippen molar-refractivity contribution in [2.24, 2.45) is 0 Å². The SMILES string of the molecule is CCCCCCCCCC/C=C/C(O)C(COC1OC(CO)C(O)C(O)C1O)NC(=O)CCCCCCCCCCCCCCCCCCCCCCCCCCCCCCCCCCCC. The predicted octanol–water partition coefficient (Wildman–Crippen LogP) is 14.4. The van der Waals surface area contributed by atoms with E-state index in [4.69, 9.17) is 9.47 Å². The van der Waals surface area contributed by atoms with Crippen molar-refractivity contribution < 1.29 is 39.8 Å². The second-order valence-corrected chi connectivity index (χ2v) is 20.8. The molecule has 9 nitrogen and oxygen atoms in total. The van der Waals surface area contributed by atoms with Crippen molar-refractivity contribution in [1.29, 1.82) is 0 Å². The van der Waals surface area contributed by atoms with Gasteiger partial charge in [0.1, 0.15) is 24.4 Å². The molecule has 1 rings (SSSR count). The van der Waals surface area contributed by atoms with E-state index in [-0.39, 0.29) is 12.5 Å². The number of nitrogens with one attached hydrogen (secondary N) is 1. The molecule has 1 aliphatic heterocycles.